The molecule has 1 atom stereocenters. The molecular formula is C16H20N2S. The fourth-order valence-electron chi connectivity index (χ4n) is 2.05. The maximum atomic E-state index is 4.10. The van der Waals surface area contributed by atoms with Crippen molar-refractivity contribution in [2.24, 2.45) is 0 Å². The summed E-state index contributed by atoms with van der Waals surface area (Å²) >= 11 is 1.97. The first-order valence-corrected chi connectivity index (χ1v) is 7.83. The summed E-state index contributed by atoms with van der Waals surface area (Å²) in [6.07, 6.45) is 3.71. The molecule has 0 fully saturated rings. The fraction of sp³-hybridized carbons (Fsp3) is 0.312. The molecule has 3 heteroatoms. The van der Waals surface area contributed by atoms with Crippen molar-refractivity contribution in [1.82, 2.24) is 10.3 Å². The van der Waals surface area contributed by atoms with E-state index in [1.165, 1.54) is 16.9 Å². The molecule has 2 nitrogen and oxygen atoms in total. The first-order valence-electron chi connectivity index (χ1n) is 6.68. The highest BCUT2D eigenvalue weighted by Crippen LogP contribution is 2.21. The minimum absolute atomic E-state index is 0.252. The van der Waals surface area contributed by atoms with Gasteiger partial charge in [0.05, 0.1) is 6.04 Å². The van der Waals surface area contributed by atoms with Gasteiger partial charge in [-0.25, -0.2) is 0 Å². The first kappa shape index (κ1) is 14.1. The van der Waals surface area contributed by atoms with E-state index >= 15 is 0 Å². The molecule has 0 saturated heterocycles. The van der Waals surface area contributed by atoms with Crippen LogP contribution >= 0.6 is 11.8 Å². The molecule has 0 radical (unpaired) electrons. The number of benzene rings is 1. The molecule has 0 spiro atoms. The van der Waals surface area contributed by atoms with Gasteiger partial charge in [-0.2, -0.15) is 11.8 Å². The standard InChI is InChI=1S/C16H20N2S/c1-2-19-13-12-18-16(14-6-4-3-5-7-14)15-8-10-17-11-9-15/h3-11,16,18H,2,12-13H2,1H3. The van der Waals surface area contributed by atoms with Gasteiger partial charge in [-0.05, 0) is 29.0 Å². The highest BCUT2D eigenvalue weighted by atomic mass is 32.2. The quantitative estimate of drug-likeness (QED) is 0.781. The minimum Gasteiger partial charge on any atom is -0.305 e. The van der Waals surface area contributed by atoms with Crippen molar-refractivity contribution in [3.63, 3.8) is 0 Å². The smallest absolute Gasteiger partial charge is 0.0578 e. The maximum Gasteiger partial charge on any atom is 0.0578 e. The van der Waals surface area contributed by atoms with Gasteiger partial charge in [0, 0.05) is 24.7 Å². The number of aromatic nitrogens is 1. The number of nitrogens with zero attached hydrogens (tertiary/aromatic N) is 1. The molecule has 1 aromatic carbocycles. The Kier molecular flexibility index (Phi) is 5.92. The van der Waals surface area contributed by atoms with Gasteiger partial charge in [0.25, 0.3) is 0 Å². The molecule has 0 amide bonds. The number of hydrogen-bond donors (Lipinski definition) is 1. The third-order valence-corrected chi connectivity index (χ3v) is 3.87. The Morgan fingerprint density at radius 2 is 1.74 bits per heavy atom. The van der Waals surface area contributed by atoms with Crippen LogP contribution in [0.15, 0.2) is 54.9 Å². The average molecular weight is 272 g/mol. The van der Waals surface area contributed by atoms with Gasteiger partial charge in [0.15, 0.2) is 0 Å². The lowest BCUT2D eigenvalue weighted by atomic mass is 10.00. The molecule has 0 bridgehead atoms. The molecule has 2 rings (SSSR count). The van der Waals surface area contributed by atoms with Crippen LogP contribution in [0.5, 0.6) is 0 Å². The van der Waals surface area contributed by atoms with E-state index in [1.807, 2.05) is 24.2 Å². The third-order valence-electron chi connectivity index (χ3n) is 2.97. The topological polar surface area (TPSA) is 24.9 Å². The first-order chi connectivity index (χ1) is 9.42. The lowest BCUT2D eigenvalue weighted by Crippen LogP contribution is -2.24. The average Bonchev–Trinajstić information content (AvgIpc) is 2.49. The molecular weight excluding hydrogens is 252 g/mol. The molecule has 1 aromatic heterocycles. The van der Waals surface area contributed by atoms with Crippen molar-refractivity contribution in [2.75, 3.05) is 18.1 Å². The number of thioether (sulfide) groups is 1. The second-order valence-corrected chi connectivity index (χ2v) is 5.67. The molecule has 1 unspecified atom stereocenters. The Morgan fingerprint density at radius 1 is 1.05 bits per heavy atom. The van der Waals surface area contributed by atoms with E-state index in [4.69, 9.17) is 0 Å². The van der Waals surface area contributed by atoms with E-state index in [0.29, 0.717) is 0 Å². The van der Waals surface area contributed by atoms with Crippen LogP contribution in [-0.2, 0) is 0 Å². The second-order valence-electron chi connectivity index (χ2n) is 4.28. The summed E-state index contributed by atoms with van der Waals surface area (Å²) in [5.74, 6) is 2.32. The maximum absolute atomic E-state index is 4.10. The molecule has 0 aliphatic carbocycles. The van der Waals surface area contributed by atoms with Crippen molar-refractivity contribution >= 4 is 11.8 Å². The van der Waals surface area contributed by atoms with Crippen LogP contribution in [0.4, 0.5) is 0 Å². The van der Waals surface area contributed by atoms with Gasteiger partial charge >= 0.3 is 0 Å². The van der Waals surface area contributed by atoms with Gasteiger partial charge in [-0.3, -0.25) is 4.98 Å². The van der Waals surface area contributed by atoms with E-state index in [-0.39, 0.29) is 6.04 Å². The SMILES string of the molecule is CCSCCNC(c1ccccc1)c1ccncc1. The Hall–Kier alpha value is -1.32. The summed E-state index contributed by atoms with van der Waals surface area (Å²) in [7, 11) is 0. The van der Waals surface area contributed by atoms with Crippen LogP contribution in [0.1, 0.15) is 24.1 Å². The lowest BCUT2D eigenvalue weighted by molar-refractivity contribution is 0.633. The molecule has 19 heavy (non-hydrogen) atoms. The van der Waals surface area contributed by atoms with Gasteiger partial charge < -0.3 is 5.32 Å². The number of rotatable bonds is 7. The van der Waals surface area contributed by atoms with Gasteiger partial charge in [-0.1, -0.05) is 37.3 Å². The number of pyridine rings is 1. The molecule has 1 heterocycles. The van der Waals surface area contributed by atoms with E-state index in [0.717, 1.165) is 12.3 Å². The van der Waals surface area contributed by atoms with E-state index < -0.39 is 0 Å². The third kappa shape index (κ3) is 4.37. The van der Waals surface area contributed by atoms with Crippen molar-refractivity contribution in [3.05, 3.63) is 66.0 Å². The summed E-state index contributed by atoms with van der Waals surface area (Å²) in [6, 6.07) is 15.0. The molecule has 2 aromatic rings. The largest absolute Gasteiger partial charge is 0.305 e. The summed E-state index contributed by atoms with van der Waals surface area (Å²) in [5.41, 5.74) is 2.57. The Balaban J connectivity index is 2.10. The van der Waals surface area contributed by atoms with E-state index in [9.17, 15) is 0 Å². The van der Waals surface area contributed by atoms with Crippen molar-refractivity contribution in [1.29, 1.82) is 0 Å². The van der Waals surface area contributed by atoms with Gasteiger partial charge in [-0.15, -0.1) is 0 Å². The molecule has 0 aliphatic rings. The Bertz CT molecular complexity index is 419. The predicted octanol–water partition coefficient (Wildman–Crippen LogP) is 3.51. The monoisotopic (exact) mass is 272 g/mol. The van der Waals surface area contributed by atoms with Crippen LogP contribution in [0.25, 0.3) is 0 Å². The van der Waals surface area contributed by atoms with Gasteiger partial charge in [0.1, 0.15) is 0 Å². The van der Waals surface area contributed by atoms with E-state index in [1.54, 1.807) is 0 Å². The zero-order chi connectivity index (χ0) is 13.3. The Labute approximate surface area is 119 Å². The zero-order valence-corrected chi connectivity index (χ0v) is 12.1. The predicted molar refractivity (Wildman–Crippen MR) is 83.5 cm³/mol. The summed E-state index contributed by atoms with van der Waals surface area (Å²) < 4.78 is 0. The molecule has 100 valence electrons. The van der Waals surface area contributed by atoms with Crippen LogP contribution in [0.3, 0.4) is 0 Å². The van der Waals surface area contributed by atoms with Crippen LogP contribution in [0.2, 0.25) is 0 Å². The van der Waals surface area contributed by atoms with Crippen molar-refractivity contribution in [2.45, 2.75) is 13.0 Å². The summed E-state index contributed by atoms with van der Waals surface area (Å²) in [5, 5.41) is 3.64. The minimum atomic E-state index is 0.252. The fourth-order valence-corrected chi connectivity index (χ4v) is 2.60. The highest BCUT2D eigenvalue weighted by molar-refractivity contribution is 7.99. The molecule has 0 aliphatic heterocycles. The highest BCUT2D eigenvalue weighted by Gasteiger charge is 2.12. The van der Waals surface area contributed by atoms with Crippen LogP contribution < -0.4 is 5.32 Å². The Morgan fingerprint density at radius 3 is 2.42 bits per heavy atom. The van der Waals surface area contributed by atoms with Crippen LogP contribution in [0, 0.1) is 0 Å². The summed E-state index contributed by atoms with van der Waals surface area (Å²) in [4.78, 5) is 4.10. The van der Waals surface area contributed by atoms with Crippen molar-refractivity contribution < 1.29 is 0 Å². The lowest BCUT2D eigenvalue weighted by Gasteiger charge is -2.19. The number of nitrogens with one attached hydrogen (secondary N) is 1. The van der Waals surface area contributed by atoms with E-state index in [2.05, 4.69) is 59.7 Å². The van der Waals surface area contributed by atoms with Gasteiger partial charge in [0.2, 0.25) is 0 Å². The van der Waals surface area contributed by atoms with Crippen molar-refractivity contribution in [3.8, 4) is 0 Å². The normalized spacial score (nSPS) is 12.3. The molecule has 1 N–H and O–H groups in total. The zero-order valence-electron chi connectivity index (χ0n) is 11.3. The summed E-state index contributed by atoms with van der Waals surface area (Å²) in [6.45, 7) is 3.21. The molecule has 0 saturated carbocycles. The van der Waals surface area contributed by atoms with Crippen LogP contribution in [-0.4, -0.2) is 23.0 Å². The number of hydrogen-bond acceptors (Lipinski definition) is 3. The second kappa shape index (κ2) is 7.97.